The van der Waals surface area contributed by atoms with Crippen LogP contribution in [0.25, 0.3) is 0 Å². The Morgan fingerprint density at radius 3 is 3.00 bits per heavy atom. The molecule has 0 bridgehead atoms. The number of carbonyl (C=O) groups excluding carboxylic acids is 1. The van der Waals surface area contributed by atoms with Gasteiger partial charge in [-0.05, 0) is 25.1 Å². The van der Waals surface area contributed by atoms with Crippen LogP contribution >= 0.6 is 23.4 Å². The van der Waals surface area contributed by atoms with Gasteiger partial charge in [0, 0.05) is 23.4 Å². The molecule has 1 aromatic rings. The standard InChI is InChI=1S/C12H13ClN2O2S/c1-8-5-12(17-14-8)15(2)10-6-9(13)3-4-11(10)18-7-16/h3-4,6-7,12H,5H2,1-2H3. The predicted molar refractivity (Wildman–Crippen MR) is 75.1 cm³/mol. The lowest BCUT2D eigenvalue weighted by Crippen LogP contribution is -2.31. The molecule has 0 spiro atoms. The van der Waals surface area contributed by atoms with Crippen LogP contribution in [0, 0.1) is 0 Å². The summed E-state index contributed by atoms with van der Waals surface area (Å²) in [6, 6.07) is 5.42. The maximum atomic E-state index is 10.7. The molecule has 1 aliphatic rings. The molecular formula is C12H13ClN2O2S. The van der Waals surface area contributed by atoms with E-state index in [0.29, 0.717) is 5.02 Å². The highest BCUT2D eigenvalue weighted by Crippen LogP contribution is 2.33. The number of benzene rings is 1. The minimum absolute atomic E-state index is 0.144. The summed E-state index contributed by atoms with van der Waals surface area (Å²) in [5.74, 6) is 0. The lowest BCUT2D eigenvalue weighted by atomic mass is 10.2. The van der Waals surface area contributed by atoms with Gasteiger partial charge in [-0.25, -0.2) is 0 Å². The topological polar surface area (TPSA) is 41.9 Å². The van der Waals surface area contributed by atoms with Gasteiger partial charge in [0.05, 0.1) is 11.4 Å². The molecule has 1 unspecified atom stereocenters. The molecule has 0 N–H and O–H groups in total. The first-order valence-corrected chi connectivity index (χ1v) is 6.69. The number of rotatable bonds is 4. The number of thioether (sulfide) groups is 1. The zero-order valence-electron chi connectivity index (χ0n) is 10.1. The monoisotopic (exact) mass is 284 g/mol. The van der Waals surface area contributed by atoms with Crippen molar-refractivity contribution >= 4 is 40.4 Å². The second-order valence-electron chi connectivity index (χ2n) is 4.03. The third-order valence-electron chi connectivity index (χ3n) is 2.71. The van der Waals surface area contributed by atoms with E-state index >= 15 is 0 Å². The molecule has 1 aromatic carbocycles. The van der Waals surface area contributed by atoms with Crippen LogP contribution in [-0.4, -0.2) is 24.6 Å². The summed E-state index contributed by atoms with van der Waals surface area (Å²) >= 11 is 7.13. The van der Waals surface area contributed by atoms with Gasteiger partial charge < -0.3 is 9.74 Å². The van der Waals surface area contributed by atoms with Crippen molar-refractivity contribution in [3.63, 3.8) is 0 Å². The largest absolute Gasteiger partial charge is 0.370 e. The van der Waals surface area contributed by atoms with E-state index in [4.69, 9.17) is 16.4 Å². The van der Waals surface area contributed by atoms with Crippen molar-refractivity contribution in [3.05, 3.63) is 23.2 Å². The number of nitrogens with zero attached hydrogens (tertiary/aromatic N) is 2. The van der Waals surface area contributed by atoms with E-state index in [1.165, 1.54) is 0 Å². The third-order valence-corrected chi connectivity index (χ3v) is 3.64. The lowest BCUT2D eigenvalue weighted by Gasteiger charge is -2.26. The molecule has 0 amide bonds. The van der Waals surface area contributed by atoms with Crippen LogP contribution in [0.3, 0.4) is 0 Å². The van der Waals surface area contributed by atoms with Gasteiger partial charge in [-0.3, -0.25) is 4.79 Å². The second kappa shape index (κ2) is 5.63. The van der Waals surface area contributed by atoms with E-state index in [1.54, 1.807) is 6.07 Å². The molecule has 0 aromatic heterocycles. The zero-order chi connectivity index (χ0) is 13.1. The first-order chi connectivity index (χ1) is 8.61. The van der Waals surface area contributed by atoms with Crippen molar-refractivity contribution in [2.24, 2.45) is 5.16 Å². The number of hydrogen-bond acceptors (Lipinski definition) is 5. The molecule has 0 saturated heterocycles. The average Bonchev–Trinajstić information content (AvgIpc) is 2.77. The van der Waals surface area contributed by atoms with Crippen molar-refractivity contribution in [3.8, 4) is 0 Å². The summed E-state index contributed by atoms with van der Waals surface area (Å²) in [5.41, 5.74) is 2.63. The zero-order valence-corrected chi connectivity index (χ0v) is 11.7. The summed E-state index contributed by atoms with van der Waals surface area (Å²) < 4.78 is 0. The minimum Gasteiger partial charge on any atom is -0.370 e. The summed E-state index contributed by atoms with van der Waals surface area (Å²) in [7, 11) is 1.90. The van der Waals surface area contributed by atoms with Crippen molar-refractivity contribution in [2.75, 3.05) is 11.9 Å². The van der Waals surface area contributed by atoms with E-state index in [-0.39, 0.29) is 6.23 Å². The molecule has 6 heteroatoms. The van der Waals surface area contributed by atoms with Crippen LogP contribution in [0.1, 0.15) is 13.3 Å². The number of carbonyl (C=O) groups is 1. The second-order valence-corrected chi connectivity index (χ2v) is 5.33. The van der Waals surface area contributed by atoms with E-state index in [2.05, 4.69) is 5.16 Å². The predicted octanol–water partition coefficient (Wildman–Crippen LogP) is 3.18. The van der Waals surface area contributed by atoms with Crippen LogP contribution < -0.4 is 4.90 Å². The van der Waals surface area contributed by atoms with Gasteiger partial charge in [-0.2, -0.15) is 0 Å². The molecule has 0 fully saturated rings. The van der Waals surface area contributed by atoms with E-state index < -0.39 is 0 Å². The third kappa shape index (κ3) is 2.79. The van der Waals surface area contributed by atoms with Crippen molar-refractivity contribution in [2.45, 2.75) is 24.5 Å². The number of anilines is 1. The Balaban J connectivity index is 2.25. The number of hydrogen-bond donors (Lipinski definition) is 0. The Hall–Kier alpha value is -1.20. The molecule has 2 rings (SSSR count). The molecule has 96 valence electrons. The van der Waals surface area contributed by atoms with Crippen molar-refractivity contribution < 1.29 is 9.63 Å². The molecule has 1 aliphatic heterocycles. The van der Waals surface area contributed by atoms with Crippen molar-refractivity contribution in [1.82, 2.24) is 0 Å². The Morgan fingerprint density at radius 2 is 2.39 bits per heavy atom. The Bertz CT molecular complexity index is 493. The van der Waals surface area contributed by atoms with Gasteiger partial charge in [0.25, 0.3) is 0 Å². The maximum Gasteiger partial charge on any atom is 0.205 e. The molecule has 0 saturated carbocycles. The molecule has 0 aliphatic carbocycles. The first-order valence-electron chi connectivity index (χ1n) is 5.44. The van der Waals surface area contributed by atoms with Gasteiger partial charge in [0.2, 0.25) is 6.23 Å². The molecule has 1 heterocycles. The van der Waals surface area contributed by atoms with E-state index in [0.717, 1.165) is 40.1 Å². The van der Waals surface area contributed by atoms with Crippen molar-refractivity contribution in [1.29, 1.82) is 0 Å². The van der Waals surface area contributed by atoms with Crippen LogP contribution in [0.4, 0.5) is 5.69 Å². The fourth-order valence-electron chi connectivity index (χ4n) is 1.76. The maximum absolute atomic E-state index is 10.7. The molecule has 18 heavy (non-hydrogen) atoms. The average molecular weight is 285 g/mol. The highest BCUT2D eigenvalue weighted by molar-refractivity contribution is 8.12. The fourth-order valence-corrected chi connectivity index (χ4v) is 2.50. The highest BCUT2D eigenvalue weighted by Gasteiger charge is 2.24. The van der Waals surface area contributed by atoms with Crippen LogP contribution in [0.15, 0.2) is 28.3 Å². The summed E-state index contributed by atoms with van der Waals surface area (Å²) in [4.78, 5) is 18.8. The van der Waals surface area contributed by atoms with Crippen LogP contribution in [-0.2, 0) is 9.63 Å². The molecule has 0 radical (unpaired) electrons. The van der Waals surface area contributed by atoms with Gasteiger partial charge in [0.15, 0.2) is 5.62 Å². The molecule has 4 nitrogen and oxygen atoms in total. The quantitative estimate of drug-likeness (QED) is 0.629. The minimum atomic E-state index is -0.144. The van der Waals surface area contributed by atoms with Gasteiger partial charge in [-0.15, -0.1) is 0 Å². The van der Waals surface area contributed by atoms with Crippen LogP contribution in [0.2, 0.25) is 5.02 Å². The molecule has 1 atom stereocenters. The van der Waals surface area contributed by atoms with Crippen LogP contribution in [0.5, 0.6) is 0 Å². The van der Waals surface area contributed by atoms with E-state index in [9.17, 15) is 4.79 Å². The van der Waals surface area contributed by atoms with Gasteiger partial charge >= 0.3 is 0 Å². The molecular weight excluding hydrogens is 272 g/mol. The van der Waals surface area contributed by atoms with E-state index in [1.807, 2.05) is 31.0 Å². The number of halogens is 1. The number of oxime groups is 1. The highest BCUT2D eigenvalue weighted by atomic mass is 35.5. The Morgan fingerprint density at radius 1 is 1.61 bits per heavy atom. The summed E-state index contributed by atoms with van der Waals surface area (Å²) in [6.07, 6.45) is 0.600. The smallest absolute Gasteiger partial charge is 0.205 e. The Kier molecular flexibility index (Phi) is 4.14. The summed E-state index contributed by atoms with van der Waals surface area (Å²) in [6.45, 7) is 1.92. The normalized spacial score (nSPS) is 18.2. The fraction of sp³-hybridized carbons (Fsp3) is 0.333. The summed E-state index contributed by atoms with van der Waals surface area (Å²) in [5, 5.41) is 4.56. The Labute approximate surface area is 115 Å². The first kappa shape index (κ1) is 13.2. The SMILES string of the molecule is CC1=NOC(N(C)c2cc(Cl)ccc2SC=O)C1. The van der Waals surface area contributed by atoms with Gasteiger partial charge in [0.1, 0.15) is 0 Å². The lowest BCUT2D eigenvalue weighted by molar-refractivity contribution is 0.0860. The van der Waals surface area contributed by atoms with Gasteiger partial charge in [-0.1, -0.05) is 28.5 Å².